The summed E-state index contributed by atoms with van der Waals surface area (Å²) in [6, 6.07) is 6.06. The first-order valence-electron chi connectivity index (χ1n) is 8.30. The fourth-order valence-corrected chi connectivity index (χ4v) is 3.35. The highest BCUT2D eigenvalue weighted by Gasteiger charge is 2.16. The van der Waals surface area contributed by atoms with E-state index in [4.69, 9.17) is 9.47 Å². The Kier molecular flexibility index (Phi) is 7.63. The highest BCUT2D eigenvalue weighted by Crippen LogP contribution is 2.15. The molecule has 1 aliphatic heterocycles. The zero-order chi connectivity index (χ0) is 18.1. The van der Waals surface area contributed by atoms with Crippen LogP contribution in [-0.2, 0) is 19.6 Å². The van der Waals surface area contributed by atoms with Crippen molar-refractivity contribution < 1.29 is 22.7 Å². The van der Waals surface area contributed by atoms with E-state index in [0.29, 0.717) is 32.1 Å². The van der Waals surface area contributed by atoms with Gasteiger partial charge in [0.05, 0.1) is 31.3 Å². The number of nitrogens with one attached hydrogen (secondary N) is 2. The molecule has 1 amide bonds. The van der Waals surface area contributed by atoms with E-state index in [9.17, 15) is 13.2 Å². The number of hydrogen-bond donors (Lipinski definition) is 2. The highest BCUT2D eigenvalue weighted by molar-refractivity contribution is 7.89. The van der Waals surface area contributed by atoms with Gasteiger partial charge in [-0.15, -0.1) is 0 Å². The number of sulfonamides is 1. The molecular formula is C16H25N3O5S. The molecule has 0 bridgehead atoms. The lowest BCUT2D eigenvalue weighted by Gasteiger charge is -2.26. The van der Waals surface area contributed by atoms with Crippen molar-refractivity contribution in [2.24, 2.45) is 0 Å². The minimum atomic E-state index is -3.73. The van der Waals surface area contributed by atoms with Crippen LogP contribution in [0.2, 0.25) is 0 Å². The van der Waals surface area contributed by atoms with Crippen molar-refractivity contribution in [3.63, 3.8) is 0 Å². The van der Waals surface area contributed by atoms with E-state index in [-0.39, 0.29) is 17.3 Å². The van der Waals surface area contributed by atoms with Crippen LogP contribution < -0.4 is 14.8 Å². The average Bonchev–Trinajstić information content (AvgIpc) is 2.62. The van der Waals surface area contributed by atoms with Crippen molar-refractivity contribution >= 4 is 15.9 Å². The number of carbonyl (C=O) groups is 1. The summed E-state index contributed by atoms with van der Waals surface area (Å²) in [5, 5.41) is 2.71. The van der Waals surface area contributed by atoms with E-state index in [2.05, 4.69) is 14.9 Å². The van der Waals surface area contributed by atoms with E-state index in [1.54, 1.807) is 12.1 Å². The lowest BCUT2D eigenvalue weighted by Crippen LogP contribution is -2.43. The van der Waals surface area contributed by atoms with Gasteiger partial charge in [0.15, 0.2) is 0 Å². The average molecular weight is 371 g/mol. The molecule has 1 aromatic rings. The summed E-state index contributed by atoms with van der Waals surface area (Å²) in [5.41, 5.74) is 0. The lowest BCUT2D eigenvalue weighted by molar-refractivity contribution is -0.120. The maximum absolute atomic E-state index is 12.2. The Morgan fingerprint density at radius 1 is 1.24 bits per heavy atom. The first-order chi connectivity index (χ1) is 12.0. The third kappa shape index (κ3) is 6.62. The van der Waals surface area contributed by atoms with Crippen LogP contribution in [0.3, 0.4) is 0 Å². The molecule has 1 fully saturated rings. The van der Waals surface area contributed by atoms with Gasteiger partial charge in [0.25, 0.3) is 0 Å². The van der Waals surface area contributed by atoms with Crippen LogP contribution in [0, 0.1) is 0 Å². The first kappa shape index (κ1) is 19.6. The summed E-state index contributed by atoms with van der Waals surface area (Å²) in [6.07, 6.45) is 0. The Bertz CT molecular complexity index is 642. The molecule has 1 saturated heterocycles. The van der Waals surface area contributed by atoms with E-state index in [1.165, 1.54) is 12.1 Å². The first-order valence-corrected chi connectivity index (χ1v) is 9.79. The van der Waals surface area contributed by atoms with Crippen LogP contribution in [0.5, 0.6) is 5.75 Å². The smallest absolute Gasteiger partial charge is 0.241 e. The van der Waals surface area contributed by atoms with E-state index < -0.39 is 10.0 Å². The zero-order valence-electron chi connectivity index (χ0n) is 14.4. The molecule has 0 aromatic heterocycles. The number of rotatable bonds is 9. The van der Waals surface area contributed by atoms with Crippen LogP contribution in [0.1, 0.15) is 6.92 Å². The number of hydrogen-bond acceptors (Lipinski definition) is 6. The number of ether oxygens (including phenoxy) is 2. The fourth-order valence-electron chi connectivity index (χ4n) is 2.37. The van der Waals surface area contributed by atoms with Gasteiger partial charge in [0, 0.05) is 26.2 Å². The van der Waals surface area contributed by atoms with Crippen LogP contribution in [0.25, 0.3) is 0 Å². The molecule has 0 spiro atoms. The Labute approximate surface area is 148 Å². The summed E-state index contributed by atoms with van der Waals surface area (Å²) in [6.45, 7) is 6.37. The number of benzene rings is 1. The molecule has 0 saturated carbocycles. The monoisotopic (exact) mass is 371 g/mol. The Morgan fingerprint density at radius 3 is 2.56 bits per heavy atom. The van der Waals surface area contributed by atoms with E-state index in [0.717, 1.165) is 19.6 Å². The highest BCUT2D eigenvalue weighted by atomic mass is 32.2. The molecule has 8 nitrogen and oxygen atoms in total. The molecule has 0 unspecified atom stereocenters. The Balaban J connectivity index is 1.73. The predicted molar refractivity (Wildman–Crippen MR) is 93.1 cm³/mol. The van der Waals surface area contributed by atoms with Crippen LogP contribution in [0.4, 0.5) is 0 Å². The molecule has 9 heteroatoms. The minimum absolute atomic E-state index is 0.0945. The quantitative estimate of drug-likeness (QED) is 0.625. The lowest BCUT2D eigenvalue weighted by atomic mass is 10.3. The van der Waals surface area contributed by atoms with Crippen molar-refractivity contribution in [2.75, 3.05) is 52.5 Å². The van der Waals surface area contributed by atoms with Gasteiger partial charge in [-0.2, -0.15) is 0 Å². The van der Waals surface area contributed by atoms with Gasteiger partial charge in [-0.3, -0.25) is 9.69 Å². The second kappa shape index (κ2) is 9.71. The number of amides is 1. The van der Waals surface area contributed by atoms with Crippen molar-refractivity contribution in [2.45, 2.75) is 11.8 Å². The van der Waals surface area contributed by atoms with Gasteiger partial charge < -0.3 is 14.8 Å². The third-order valence-electron chi connectivity index (χ3n) is 3.72. The third-order valence-corrected chi connectivity index (χ3v) is 5.14. The molecule has 2 N–H and O–H groups in total. The summed E-state index contributed by atoms with van der Waals surface area (Å²) in [5.74, 6) is 0.241. The molecule has 1 aromatic carbocycles. The molecule has 1 aliphatic rings. The van der Waals surface area contributed by atoms with Gasteiger partial charge in [-0.1, -0.05) is 0 Å². The van der Waals surface area contributed by atoms with Crippen LogP contribution >= 0.6 is 0 Å². The maximum atomic E-state index is 12.2. The molecule has 1 heterocycles. The van der Waals surface area contributed by atoms with Crippen molar-refractivity contribution in [3.8, 4) is 5.75 Å². The molecule has 2 rings (SSSR count). The topological polar surface area (TPSA) is 97.0 Å². The maximum Gasteiger partial charge on any atom is 0.241 e. The largest absolute Gasteiger partial charge is 0.494 e. The fraction of sp³-hybridized carbons (Fsp3) is 0.562. The molecule has 140 valence electrons. The second-order valence-corrected chi connectivity index (χ2v) is 7.30. The van der Waals surface area contributed by atoms with Crippen LogP contribution in [0.15, 0.2) is 29.2 Å². The Morgan fingerprint density at radius 2 is 1.92 bits per heavy atom. The summed E-state index contributed by atoms with van der Waals surface area (Å²) < 4.78 is 37.2. The number of nitrogens with zero attached hydrogens (tertiary/aromatic N) is 1. The van der Waals surface area contributed by atoms with Gasteiger partial charge in [-0.05, 0) is 31.2 Å². The Hall–Kier alpha value is -1.68. The number of carbonyl (C=O) groups excluding carboxylic acids is 1. The van der Waals surface area contributed by atoms with E-state index in [1.807, 2.05) is 6.92 Å². The minimum Gasteiger partial charge on any atom is -0.494 e. The number of morpholine rings is 1. The van der Waals surface area contributed by atoms with Gasteiger partial charge in [0.2, 0.25) is 15.9 Å². The van der Waals surface area contributed by atoms with Gasteiger partial charge in [0.1, 0.15) is 5.75 Å². The van der Waals surface area contributed by atoms with Crippen molar-refractivity contribution in [1.29, 1.82) is 0 Å². The van der Waals surface area contributed by atoms with E-state index >= 15 is 0 Å². The van der Waals surface area contributed by atoms with Crippen LogP contribution in [-0.4, -0.2) is 71.8 Å². The molecule has 0 radical (unpaired) electrons. The van der Waals surface area contributed by atoms with Crippen molar-refractivity contribution in [3.05, 3.63) is 24.3 Å². The zero-order valence-corrected chi connectivity index (χ0v) is 15.2. The second-order valence-electron chi connectivity index (χ2n) is 5.53. The predicted octanol–water partition coefficient (Wildman–Crippen LogP) is -0.188. The van der Waals surface area contributed by atoms with Gasteiger partial charge >= 0.3 is 0 Å². The van der Waals surface area contributed by atoms with Crippen molar-refractivity contribution in [1.82, 2.24) is 14.9 Å². The molecule has 0 aliphatic carbocycles. The molecule has 0 atom stereocenters. The molecular weight excluding hydrogens is 346 g/mol. The summed E-state index contributed by atoms with van der Waals surface area (Å²) in [4.78, 5) is 14.1. The summed E-state index contributed by atoms with van der Waals surface area (Å²) >= 11 is 0. The standard InChI is InChI=1S/C16H25N3O5S/c1-2-24-14-3-5-15(6-4-14)25(21,22)18-13-16(20)17-7-8-19-9-11-23-12-10-19/h3-6,18H,2,7-13H2,1H3,(H,17,20). The molecule has 25 heavy (non-hydrogen) atoms. The van der Waals surface area contributed by atoms with Gasteiger partial charge in [-0.25, -0.2) is 13.1 Å². The SMILES string of the molecule is CCOc1ccc(S(=O)(=O)NCC(=O)NCCN2CCOCC2)cc1. The normalized spacial score (nSPS) is 15.7. The summed E-state index contributed by atoms with van der Waals surface area (Å²) in [7, 11) is -3.73.